The topological polar surface area (TPSA) is 136 Å². The fourth-order valence-corrected chi connectivity index (χ4v) is 4.64. The molecule has 2 aromatic heterocycles. The predicted molar refractivity (Wildman–Crippen MR) is 137 cm³/mol. The molecule has 41 heavy (non-hydrogen) atoms. The molecule has 4 heterocycles. The van der Waals surface area contributed by atoms with Gasteiger partial charge in [0.2, 0.25) is 0 Å². The molecule has 2 amide bonds. The number of aliphatic carboxylic acids is 1. The Morgan fingerprint density at radius 1 is 1.10 bits per heavy atom. The minimum atomic E-state index is -5.08. The van der Waals surface area contributed by atoms with Crippen molar-refractivity contribution in [1.82, 2.24) is 24.8 Å². The summed E-state index contributed by atoms with van der Waals surface area (Å²) in [6.45, 7) is 1.81. The molecular formula is C27H28F3N5O6. The third-order valence-electron chi connectivity index (χ3n) is 6.76. The first-order chi connectivity index (χ1) is 19.5. The van der Waals surface area contributed by atoms with Crippen molar-refractivity contribution in [2.24, 2.45) is 0 Å². The van der Waals surface area contributed by atoms with Gasteiger partial charge in [-0.1, -0.05) is 18.2 Å². The molecule has 2 N–H and O–H groups in total. The van der Waals surface area contributed by atoms with Crippen molar-refractivity contribution in [1.29, 1.82) is 0 Å². The molecule has 5 rings (SSSR count). The first kappa shape index (κ1) is 29.5. The number of nitrogens with one attached hydrogen (secondary N) is 1. The van der Waals surface area contributed by atoms with Gasteiger partial charge in [-0.15, -0.1) is 0 Å². The van der Waals surface area contributed by atoms with Gasteiger partial charge < -0.3 is 29.4 Å². The van der Waals surface area contributed by atoms with E-state index in [2.05, 4.69) is 15.3 Å². The number of fused-ring (bicyclic) bond motifs is 2. The highest BCUT2D eigenvalue weighted by atomic mass is 19.4. The number of pyridine rings is 1. The fourth-order valence-electron chi connectivity index (χ4n) is 4.64. The molecule has 0 radical (unpaired) electrons. The molecule has 11 nitrogen and oxygen atoms in total. The molecule has 1 spiro atoms. The van der Waals surface area contributed by atoms with Crippen LogP contribution in [0.4, 0.5) is 13.2 Å². The second-order valence-electron chi connectivity index (χ2n) is 9.38. The normalized spacial score (nSPS) is 17.6. The van der Waals surface area contributed by atoms with Gasteiger partial charge in [0.1, 0.15) is 22.9 Å². The van der Waals surface area contributed by atoms with Crippen molar-refractivity contribution in [2.75, 3.05) is 20.2 Å². The Labute approximate surface area is 232 Å². The van der Waals surface area contributed by atoms with Crippen LogP contribution in [0.1, 0.15) is 34.7 Å². The van der Waals surface area contributed by atoms with Crippen molar-refractivity contribution in [3.8, 4) is 5.75 Å². The van der Waals surface area contributed by atoms with Gasteiger partial charge in [0.15, 0.2) is 6.10 Å². The van der Waals surface area contributed by atoms with Crippen LogP contribution in [0.3, 0.4) is 0 Å². The minimum Gasteiger partial charge on any atom is -0.497 e. The number of methoxy groups -OCH3 is 1. The highest BCUT2D eigenvalue weighted by Gasteiger charge is 2.47. The second-order valence-corrected chi connectivity index (χ2v) is 9.38. The number of piperidine rings is 1. The van der Waals surface area contributed by atoms with Crippen LogP contribution < -0.4 is 10.1 Å². The number of carbonyl (C=O) groups is 3. The summed E-state index contributed by atoms with van der Waals surface area (Å²) >= 11 is 0. The smallest absolute Gasteiger partial charge is 0.490 e. The molecule has 0 saturated carbocycles. The van der Waals surface area contributed by atoms with Gasteiger partial charge >= 0.3 is 12.1 Å². The van der Waals surface area contributed by atoms with Crippen LogP contribution in [0.15, 0.2) is 61.1 Å². The van der Waals surface area contributed by atoms with E-state index >= 15 is 0 Å². The average Bonchev–Trinajstić information content (AvgIpc) is 3.46. The lowest BCUT2D eigenvalue weighted by molar-refractivity contribution is -0.192. The van der Waals surface area contributed by atoms with Gasteiger partial charge in [-0.05, 0) is 29.8 Å². The van der Waals surface area contributed by atoms with Gasteiger partial charge in [-0.3, -0.25) is 14.6 Å². The zero-order valence-corrected chi connectivity index (χ0v) is 22.0. The number of ether oxygens (including phenoxy) is 2. The van der Waals surface area contributed by atoms with Crippen molar-refractivity contribution in [3.05, 3.63) is 78.1 Å². The molecule has 14 heteroatoms. The number of hydrogen-bond donors (Lipinski definition) is 2. The van der Waals surface area contributed by atoms with Gasteiger partial charge in [-0.25, -0.2) is 9.78 Å². The number of hydrogen-bond acceptors (Lipinski definition) is 7. The Morgan fingerprint density at radius 2 is 1.78 bits per heavy atom. The number of aromatic nitrogens is 3. The maximum atomic E-state index is 13.0. The number of rotatable bonds is 5. The molecule has 1 saturated heterocycles. The van der Waals surface area contributed by atoms with E-state index in [1.807, 2.05) is 41.1 Å². The van der Waals surface area contributed by atoms with Crippen molar-refractivity contribution in [3.63, 3.8) is 0 Å². The number of halogens is 3. The zero-order chi connectivity index (χ0) is 29.6. The number of likely N-dealkylation sites (tertiary alicyclic amines) is 1. The Hall–Kier alpha value is -4.46. The van der Waals surface area contributed by atoms with Gasteiger partial charge in [0.25, 0.3) is 11.8 Å². The van der Waals surface area contributed by atoms with Gasteiger partial charge in [0, 0.05) is 51.1 Å². The standard InChI is InChI=1S/C25H27N5O4.C2HF3O2/c1-33-19-7-5-18(6-8-19)16-28-22(31)21-17-30-15-12-27-24(30)25(34-21)9-13-29(14-10-25)23(32)20-4-2-3-11-26-20;3-2(4,5)1(6)7/h2-8,11-12,15,21H,9-10,13-14,16-17H2,1H3,(H,28,31);(H,6,7). The average molecular weight is 576 g/mol. The van der Waals surface area contributed by atoms with Gasteiger partial charge in [0.05, 0.1) is 13.7 Å². The van der Waals surface area contributed by atoms with Crippen LogP contribution >= 0.6 is 0 Å². The third kappa shape index (κ3) is 7.01. The van der Waals surface area contributed by atoms with Crippen molar-refractivity contribution in [2.45, 2.75) is 43.8 Å². The number of alkyl halides is 3. The van der Waals surface area contributed by atoms with Crippen LogP contribution in [0.2, 0.25) is 0 Å². The van der Waals surface area contributed by atoms with Crippen LogP contribution in [0.25, 0.3) is 0 Å². The van der Waals surface area contributed by atoms with Crippen LogP contribution in [-0.4, -0.2) is 74.8 Å². The monoisotopic (exact) mass is 575 g/mol. The number of benzene rings is 1. The van der Waals surface area contributed by atoms with Crippen LogP contribution in [0, 0.1) is 0 Å². The molecule has 0 bridgehead atoms. The van der Waals surface area contributed by atoms with Crippen molar-refractivity contribution >= 4 is 17.8 Å². The van der Waals surface area contributed by atoms with E-state index in [0.717, 1.165) is 17.1 Å². The summed E-state index contributed by atoms with van der Waals surface area (Å²) in [6.07, 6.45) is 0.640. The highest BCUT2D eigenvalue weighted by molar-refractivity contribution is 5.92. The Morgan fingerprint density at radius 3 is 2.37 bits per heavy atom. The number of carboxylic acids is 1. The van der Waals surface area contributed by atoms with E-state index in [1.54, 1.807) is 36.5 Å². The number of carboxylic acid groups (broad SMARTS) is 1. The predicted octanol–water partition coefficient (Wildman–Crippen LogP) is 2.77. The Kier molecular flexibility index (Phi) is 8.91. The summed E-state index contributed by atoms with van der Waals surface area (Å²) in [6, 6.07) is 12.9. The summed E-state index contributed by atoms with van der Waals surface area (Å²) < 4.78 is 45.4. The largest absolute Gasteiger partial charge is 0.497 e. The fraction of sp³-hybridized carbons (Fsp3) is 0.370. The first-order valence-corrected chi connectivity index (χ1v) is 12.6. The lowest BCUT2D eigenvalue weighted by Crippen LogP contribution is -2.54. The molecule has 3 aromatic rings. The van der Waals surface area contributed by atoms with E-state index in [9.17, 15) is 22.8 Å². The van der Waals surface area contributed by atoms with Crippen LogP contribution in [0.5, 0.6) is 5.75 Å². The summed E-state index contributed by atoms with van der Waals surface area (Å²) in [4.78, 5) is 45.3. The van der Waals surface area contributed by atoms with E-state index in [-0.39, 0.29) is 11.8 Å². The molecular weight excluding hydrogens is 547 g/mol. The highest BCUT2D eigenvalue weighted by Crippen LogP contribution is 2.40. The molecule has 1 fully saturated rings. The van der Waals surface area contributed by atoms with E-state index in [4.69, 9.17) is 19.4 Å². The Bertz CT molecular complexity index is 1360. The first-order valence-electron chi connectivity index (χ1n) is 12.6. The molecule has 1 atom stereocenters. The summed E-state index contributed by atoms with van der Waals surface area (Å²) in [5.74, 6) is -1.43. The lowest BCUT2D eigenvalue weighted by Gasteiger charge is -2.45. The SMILES string of the molecule is COc1ccc(CNC(=O)C2Cn3ccnc3C3(CCN(C(=O)c4ccccn4)CC3)O2)cc1.O=C(O)C(F)(F)F. The summed E-state index contributed by atoms with van der Waals surface area (Å²) in [5, 5.41) is 10.1. The van der Waals surface area contributed by atoms with E-state index < -0.39 is 23.9 Å². The second kappa shape index (κ2) is 12.4. The summed E-state index contributed by atoms with van der Waals surface area (Å²) in [5.41, 5.74) is 0.703. The molecule has 2 aliphatic heterocycles. The summed E-state index contributed by atoms with van der Waals surface area (Å²) in [7, 11) is 1.62. The van der Waals surface area contributed by atoms with Crippen molar-refractivity contribution < 1.29 is 42.1 Å². The molecule has 1 aromatic carbocycles. The quantitative estimate of drug-likeness (QED) is 0.474. The maximum absolute atomic E-state index is 13.0. The van der Waals surface area contributed by atoms with Gasteiger partial charge in [-0.2, -0.15) is 13.2 Å². The lowest BCUT2D eigenvalue weighted by atomic mass is 9.88. The molecule has 1 unspecified atom stereocenters. The van der Waals surface area contributed by atoms with E-state index in [0.29, 0.717) is 44.7 Å². The number of imidazole rings is 1. The molecule has 218 valence electrons. The Balaban J connectivity index is 0.000000493. The minimum absolute atomic E-state index is 0.0941. The number of nitrogens with zero attached hydrogens (tertiary/aromatic N) is 4. The molecule has 0 aliphatic carbocycles. The van der Waals surface area contributed by atoms with Crippen LogP contribution in [-0.2, 0) is 33.0 Å². The third-order valence-corrected chi connectivity index (χ3v) is 6.76. The zero-order valence-electron chi connectivity index (χ0n) is 22.0. The number of carbonyl (C=O) groups excluding carboxylic acids is 2. The van der Waals surface area contributed by atoms with E-state index in [1.165, 1.54) is 0 Å². The maximum Gasteiger partial charge on any atom is 0.490 e. The number of amides is 2. The molecule has 2 aliphatic rings.